The van der Waals surface area contributed by atoms with Crippen LogP contribution in [0.1, 0.15) is 43.6 Å². The van der Waals surface area contributed by atoms with Crippen LogP contribution in [-0.4, -0.2) is 21.0 Å². The molecule has 0 amide bonds. The summed E-state index contributed by atoms with van der Waals surface area (Å²) in [5, 5.41) is 14.8. The van der Waals surface area contributed by atoms with E-state index in [1.54, 1.807) is 0 Å². The number of rotatable bonds is 8. The van der Waals surface area contributed by atoms with Gasteiger partial charge in [0.05, 0.1) is 11.8 Å². The van der Waals surface area contributed by atoms with E-state index in [1.807, 2.05) is 10.7 Å². The van der Waals surface area contributed by atoms with Gasteiger partial charge in [-0.1, -0.05) is 37.3 Å². The summed E-state index contributed by atoms with van der Waals surface area (Å²) in [6, 6.07) is 12.6. The van der Waals surface area contributed by atoms with E-state index in [1.165, 1.54) is 5.56 Å². The second-order valence-corrected chi connectivity index (χ2v) is 5.53. The predicted octanol–water partition coefficient (Wildman–Crippen LogP) is 3.39. The standard InChI is InChI=1S/C18H26N2O/c1-3-16-13-17(20(4-2)19-16)14-18(21)12-8-11-15-9-6-5-7-10-15/h5-7,9-10,13,18,21H,3-4,8,11-12,14H2,1-2H3. The highest BCUT2D eigenvalue weighted by atomic mass is 16.3. The van der Waals surface area contributed by atoms with E-state index in [0.717, 1.165) is 43.6 Å². The van der Waals surface area contributed by atoms with Gasteiger partial charge in [-0.25, -0.2) is 0 Å². The van der Waals surface area contributed by atoms with Gasteiger partial charge in [-0.3, -0.25) is 4.68 Å². The molecule has 1 aromatic heterocycles. The van der Waals surface area contributed by atoms with E-state index in [0.29, 0.717) is 6.42 Å². The molecule has 0 aliphatic carbocycles. The molecule has 1 unspecified atom stereocenters. The van der Waals surface area contributed by atoms with Crippen molar-refractivity contribution >= 4 is 0 Å². The summed E-state index contributed by atoms with van der Waals surface area (Å²) in [5.74, 6) is 0. The molecule has 0 radical (unpaired) electrons. The first-order chi connectivity index (χ1) is 10.2. The third kappa shape index (κ3) is 4.71. The Bertz CT molecular complexity index is 533. The number of aryl methyl sites for hydroxylation is 3. The fourth-order valence-corrected chi connectivity index (χ4v) is 2.66. The molecule has 21 heavy (non-hydrogen) atoms. The van der Waals surface area contributed by atoms with Crippen molar-refractivity contribution in [3.8, 4) is 0 Å². The summed E-state index contributed by atoms with van der Waals surface area (Å²) in [5.41, 5.74) is 3.61. The monoisotopic (exact) mass is 286 g/mol. The second kappa shape index (κ2) is 7.99. The number of aliphatic hydroxyl groups excluding tert-OH is 1. The zero-order valence-electron chi connectivity index (χ0n) is 13.1. The zero-order valence-corrected chi connectivity index (χ0v) is 13.1. The molecule has 0 saturated heterocycles. The van der Waals surface area contributed by atoms with E-state index < -0.39 is 0 Å². The first-order valence-electron chi connectivity index (χ1n) is 8.00. The van der Waals surface area contributed by atoms with E-state index >= 15 is 0 Å². The van der Waals surface area contributed by atoms with Crippen LogP contribution in [-0.2, 0) is 25.8 Å². The Morgan fingerprint density at radius 3 is 2.62 bits per heavy atom. The molecule has 0 bridgehead atoms. The van der Waals surface area contributed by atoms with Crippen molar-refractivity contribution in [1.82, 2.24) is 9.78 Å². The number of hydrogen-bond acceptors (Lipinski definition) is 2. The Hall–Kier alpha value is -1.61. The van der Waals surface area contributed by atoms with Crippen molar-refractivity contribution in [3.05, 3.63) is 53.3 Å². The molecule has 0 aliphatic heterocycles. The van der Waals surface area contributed by atoms with Crippen molar-refractivity contribution in [1.29, 1.82) is 0 Å². The van der Waals surface area contributed by atoms with Crippen LogP contribution >= 0.6 is 0 Å². The molecule has 1 heterocycles. The van der Waals surface area contributed by atoms with Crippen molar-refractivity contribution in [2.75, 3.05) is 0 Å². The van der Waals surface area contributed by atoms with Crippen LogP contribution in [0.4, 0.5) is 0 Å². The maximum Gasteiger partial charge on any atom is 0.0624 e. The van der Waals surface area contributed by atoms with Gasteiger partial charge in [0, 0.05) is 18.7 Å². The molecule has 3 nitrogen and oxygen atoms in total. The molecule has 2 rings (SSSR count). The average Bonchev–Trinajstić information content (AvgIpc) is 2.90. The highest BCUT2D eigenvalue weighted by molar-refractivity contribution is 5.15. The Balaban J connectivity index is 1.81. The third-order valence-corrected chi connectivity index (χ3v) is 3.87. The van der Waals surface area contributed by atoms with Gasteiger partial charge >= 0.3 is 0 Å². The van der Waals surface area contributed by atoms with E-state index in [4.69, 9.17) is 0 Å². The number of aromatic nitrogens is 2. The highest BCUT2D eigenvalue weighted by Crippen LogP contribution is 2.13. The summed E-state index contributed by atoms with van der Waals surface area (Å²) in [6.45, 7) is 5.08. The summed E-state index contributed by atoms with van der Waals surface area (Å²) < 4.78 is 2.01. The molecule has 114 valence electrons. The van der Waals surface area contributed by atoms with Crippen LogP contribution < -0.4 is 0 Å². The Morgan fingerprint density at radius 2 is 1.95 bits per heavy atom. The molecule has 1 atom stereocenters. The summed E-state index contributed by atoms with van der Waals surface area (Å²) in [4.78, 5) is 0. The highest BCUT2D eigenvalue weighted by Gasteiger charge is 2.11. The van der Waals surface area contributed by atoms with Gasteiger partial charge in [0.25, 0.3) is 0 Å². The van der Waals surface area contributed by atoms with Crippen LogP contribution in [0.25, 0.3) is 0 Å². The van der Waals surface area contributed by atoms with Gasteiger partial charge in [0.1, 0.15) is 0 Å². The van der Waals surface area contributed by atoms with Crippen LogP contribution in [0.2, 0.25) is 0 Å². The lowest BCUT2D eigenvalue weighted by Gasteiger charge is -2.11. The largest absolute Gasteiger partial charge is 0.393 e. The topological polar surface area (TPSA) is 38.0 Å². The van der Waals surface area contributed by atoms with Gasteiger partial charge in [0.15, 0.2) is 0 Å². The minimum Gasteiger partial charge on any atom is -0.393 e. The van der Waals surface area contributed by atoms with Gasteiger partial charge in [0.2, 0.25) is 0 Å². The number of benzene rings is 1. The van der Waals surface area contributed by atoms with Crippen LogP contribution in [0, 0.1) is 0 Å². The Labute approximate surface area is 127 Å². The van der Waals surface area contributed by atoms with Crippen molar-refractivity contribution in [2.24, 2.45) is 0 Å². The number of hydrogen-bond donors (Lipinski definition) is 1. The van der Waals surface area contributed by atoms with Gasteiger partial charge in [-0.15, -0.1) is 0 Å². The molecule has 3 heteroatoms. The molecular weight excluding hydrogens is 260 g/mol. The second-order valence-electron chi connectivity index (χ2n) is 5.53. The first-order valence-corrected chi connectivity index (χ1v) is 8.00. The number of nitrogens with zero attached hydrogens (tertiary/aromatic N) is 2. The van der Waals surface area contributed by atoms with Crippen LogP contribution in [0.15, 0.2) is 36.4 Å². The molecule has 0 aliphatic rings. The van der Waals surface area contributed by atoms with Crippen LogP contribution in [0.5, 0.6) is 0 Å². The number of aliphatic hydroxyl groups is 1. The van der Waals surface area contributed by atoms with Crippen LogP contribution in [0.3, 0.4) is 0 Å². The lowest BCUT2D eigenvalue weighted by atomic mass is 10.0. The molecule has 1 aromatic carbocycles. The molecule has 0 saturated carbocycles. The minimum absolute atomic E-state index is 0.277. The van der Waals surface area contributed by atoms with E-state index in [2.05, 4.69) is 49.3 Å². The molecule has 0 fully saturated rings. The van der Waals surface area contributed by atoms with Gasteiger partial charge in [-0.2, -0.15) is 5.10 Å². The average molecular weight is 286 g/mol. The maximum atomic E-state index is 10.2. The van der Waals surface area contributed by atoms with Gasteiger partial charge < -0.3 is 5.11 Å². The first kappa shape index (κ1) is 15.8. The summed E-state index contributed by atoms with van der Waals surface area (Å²) in [6.07, 6.45) is 4.27. The predicted molar refractivity (Wildman–Crippen MR) is 86.4 cm³/mol. The normalized spacial score (nSPS) is 12.5. The molecular formula is C18H26N2O. The van der Waals surface area contributed by atoms with Crippen molar-refractivity contribution in [3.63, 3.8) is 0 Å². The van der Waals surface area contributed by atoms with E-state index in [9.17, 15) is 5.11 Å². The van der Waals surface area contributed by atoms with Gasteiger partial charge in [-0.05, 0) is 44.2 Å². The van der Waals surface area contributed by atoms with Crippen molar-refractivity contribution in [2.45, 2.75) is 58.6 Å². The lowest BCUT2D eigenvalue weighted by molar-refractivity contribution is 0.159. The Kier molecular flexibility index (Phi) is 6.00. The molecule has 1 N–H and O–H groups in total. The smallest absolute Gasteiger partial charge is 0.0624 e. The van der Waals surface area contributed by atoms with E-state index in [-0.39, 0.29) is 6.10 Å². The minimum atomic E-state index is -0.277. The fraction of sp³-hybridized carbons (Fsp3) is 0.500. The fourth-order valence-electron chi connectivity index (χ4n) is 2.66. The molecule has 0 spiro atoms. The third-order valence-electron chi connectivity index (χ3n) is 3.87. The summed E-state index contributed by atoms with van der Waals surface area (Å²) >= 11 is 0. The Morgan fingerprint density at radius 1 is 1.19 bits per heavy atom. The quantitative estimate of drug-likeness (QED) is 0.807. The summed E-state index contributed by atoms with van der Waals surface area (Å²) in [7, 11) is 0. The SMILES string of the molecule is CCc1cc(CC(O)CCCc2ccccc2)n(CC)n1. The van der Waals surface area contributed by atoms with Crippen molar-refractivity contribution < 1.29 is 5.11 Å². The lowest BCUT2D eigenvalue weighted by Crippen LogP contribution is -2.14. The molecule has 2 aromatic rings. The zero-order chi connectivity index (χ0) is 15.1. The maximum absolute atomic E-state index is 10.2.